The first-order valence-corrected chi connectivity index (χ1v) is 6.76. The smallest absolute Gasteiger partial charge is 0.0544 e. The van der Waals surface area contributed by atoms with E-state index < -0.39 is 0 Å². The molecule has 0 atom stereocenters. The summed E-state index contributed by atoms with van der Waals surface area (Å²) in [5.74, 6) is 0. The van der Waals surface area contributed by atoms with Gasteiger partial charge in [-0.05, 0) is 56.5 Å². The Morgan fingerprint density at radius 1 is 0.947 bits per heavy atom. The SMILES string of the molecule is Cc1cc(C)c(CNCc2cccc(C)n2)c(C)c1. The van der Waals surface area contributed by atoms with Crippen LogP contribution in [0.2, 0.25) is 0 Å². The zero-order valence-electron chi connectivity index (χ0n) is 12.2. The maximum atomic E-state index is 4.50. The fourth-order valence-corrected chi connectivity index (χ4v) is 2.50. The number of benzene rings is 1. The van der Waals surface area contributed by atoms with E-state index in [-0.39, 0.29) is 0 Å². The third-order valence-electron chi connectivity index (χ3n) is 3.39. The monoisotopic (exact) mass is 254 g/mol. The van der Waals surface area contributed by atoms with Crippen molar-refractivity contribution < 1.29 is 0 Å². The molecular formula is C17H22N2. The highest BCUT2D eigenvalue weighted by Crippen LogP contribution is 2.16. The van der Waals surface area contributed by atoms with Gasteiger partial charge in [0.2, 0.25) is 0 Å². The van der Waals surface area contributed by atoms with E-state index in [4.69, 9.17) is 0 Å². The first-order valence-electron chi connectivity index (χ1n) is 6.76. The summed E-state index contributed by atoms with van der Waals surface area (Å²) in [6.07, 6.45) is 0. The van der Waals surface area contributed by atoms with Gasteiger partial charge in [-0.25, -0.2) is 0 Å². The lowest BCUT2D eigenvalue weighted by Crippen LogP contribution is -2.15. The second kappa shape index (κ2) is 5.98. The van der Waals surface area contributed by atoms with Crippen molar-refractivity contribution in [1.82, 2.24) is 10.3 Å². The summed E-state index contributed by atoms with van der Waals surface area (Å²) < 4.78 is 0. The van der Waals surface area contributed by atoms with Crippen LogP contribution >= 0.6 is 0 Å². The van der Waals surface area contributed by atoms with Gasteiger partial charge in [-0.2, -0.15) is 0 Å². The Kier molecular flexibility index (Phi) is 4.33. The highest BCUT2D eigenvalue weighted by atomic mass is 14.9. The van der Waals surface area contributed by atoms with Gasteiger partial charge in [0.05, 0.1) is 5.69 Å². The third-order valence-corrected chi connectivity index (χ3v) is 3.39. The first kappa shape index (κ1) is 13.8. The molecule has 0 radical (unpaired) electrons. The Morgan fingerprint density at radius 2 is 1.63 bits per heavy atom. The molecule has 2 rings (SSSR count). The fraction of sp³-hybridized carbons (Fsp3) is 0.353. The molecule has 2 aromatic rings. The fourth-order valence-electron chi connectivity index (χ4n) is 2.50. The Hall–Kier alpha value is -1.67. The molecule has 0 saturated carbocycles. The van der Waals surface area contributed by atoms with Crippen LogP contribution in [0.15, 0.2) is 30.3 Å². The topological polar surface area (TPSA) is 24.9 Å². The lowest BCUT2D eigenvalue weighted by molar-refractivity contribution is 0.673. The summed E-state index contributed by atoms with van der Waals surface area (Å²) in [5, 5.41) is 3.48. The Labute approximate surface area is 115 Å². The van der Waals surface area contributed by atoms with Gasteiger partial charge in [-0.3, -0.25) is 4.98 Å². The van der Waals surface area contributed by atoms with Crippen molar-refractivity contribution in [3.05, 3.63) is 64.0 Å². The third kappa shape index (κ3) is 3.65. The number of aryl methyl sites for hydroxylation is 4. The highest BCUT2D eigenvalue weighted by molar-refractivity contribution is 5.37. The van der Waals surface area contributed by atoms with Crippen molar-refractivity contribution in [2.24, 2.45) is 0 Å². The van der Waals surface area contributed by atoms with Gasteiger partial charge < -0.3 is 5.32 Å². The first-order chi connectivity index (χ1) is 9.06. The van der Waals surface area contributed by atoms with E-state index in [1.54, 1.807) is 0 Å². The summed E-state index contributed by atoms with van der Waals surface area (Å²) in [6, 6.07) is 10.6. The molecule has 0 saturated heterocycles. The van der Waals surface area contributed by atoms with Crippen molar-refractivity contribution in [2.45, 2.75) is 40.8 Å². The minimum Gasteiger partial charge on any atom is -0.307 e. The average molecular weight is 254 g/mol. The zero-order valence-corrected chi connectivity index (χ0v) is 12.2. The number of pyridine rings is 1. The van der Waals surface area contributed by atoms with Crippen LogP contribution < -0.4 is 5.32 Å². The molecule has 0 unspecified atom stereocenters. The molecule has 2 nitrogen and oxygen atoms in total. The minimum absolute atomic E-state index is 0.814. The molecule has 0 fully saturated rings. The van der Waals surface area contributed by atoms with E-state index in [1.807, 2.05) is 13.0 Å². The van der Waals surface area contributed by atoms with E-state index in [0.717, 1.165) is 24.5 Å². The molecule has 0 bridgehead atoms. The molecule has 1 aromatic carbocycles. The van der Waals surface area contributed by atoms with Gasteiger partial charge in [-0.1, -0.05) is 23.8 Å². The largest absolute Gasteiger partial charge is 0.307 e. The standard InChI is InChI=1S/C17H22N2/c1-12-8-13(2)17(14(3)9-12)11-18-10-16-7-5-6-15(4)19-16/h5-9,18H,10-11H2,1-4H3. The average Bonchev–Trinajstić information content (AvgIpc) is 2.32. The predicted octanol–water partition coefficient (Wildman–Crippen LogP) is 3.61. The number of nitrogens with one attached hydrogen (secondary N) is 1. The van der Waals surface area contributed by atoms with E-state index in [2.05, 4.69) is 55.3 Å². The number of hydrogen-bond acceptors (Lipinski definition) is 2. The number of hydrogen-bond donors (Lipinski definition) is 1. The summed E-state index contributed by atoms with van der Waals surface area (Å²) in [6.45, 7) is 10.2. The Balaban J connectivity index is 2.00. The molecule has 0 amide bonds. The van der Waals surface area contributed by atoms with Crippen molar-refractivity contribution in [3.8, 4) is 0 Å². The molecule has 0 aliphatic rings. The van der Waals surface area contributed by atoms with Gasteiger partial charge in [0.25, 0.3) is 0 Å². The molecule has 0 aliphatic heterocycles. The maximum Gasteiger partial charge on any atom is 0.0544 e. The predicted molar refractivity (Wildman–Crippen MR) is 80.2 cm³/mol. The molecular weight excluding hydrogens is 232 g/mol. The van der Waals surface area contributed by atoms with Gasteiger partial charge in [0.15, 0.2) is 0 Å². The molecule has 1 aromatic heterocycles. The zero-order chi connectivity index (χ0) is 13.8. The summed E-state index contributed by atoms with van der Waals surface area (Å²) >= 11 is 0. The quantitative estimate of drug-likeness (QED) is 0.901. The second-order valence-electron chi connectivity index (χ2n) is 5.25. The highest BCUT2D eigenvalue weighted by Gasteiger charge is 2.03. The van der Waals surface area contributed by atoms with Crippen molar-refractivity contribution in [1.29, 1.82) is 0 Å². The summed E-state index contributed by atoms with van der Waals surface area (Å²) in [5.41, 5.74) is 7.63. The van der Waals surface area contributed by atoms with Gasteiger partial charge in [0.1, 0.15) is 0 Å². The van der Waals surface area contributed by atoms with Gasteiger partial charge >= 0.3 is 0 Å². The molecule has 0 spiro atoms. The van der Waals surface area contributed by atoms with Gasteiger partial charge in [0, 0.05) is 18.8 Å². The number of aromatic nitrogens is 1. The second-order valence-corrected chi connectivity index (χ2v) is 5.25. The van der Waals surface area contributed by atoms with Crippen LogP contribution in [0.3, 0.4) is 0 Å². The van der Waals surface area contributed by atoms with Crippen molar-refractivity contribution in [3.63, 3.8) is 0 Å². The molecule has 1 heterocycles. The van der Waals surface area contributed by atoms with Crippen LogP contribution in [-0.2, 0) is 13.1 Å². The number of rotatable bonds is 4. The molecule has 2 heteroatoms. The number of nitrogens with zero attached hydrogens (tertiary/aromatic N) is 1. The van der Waals surface area contributed by atoms with Crippen LogP contribution in [-0.4, -0.2) is 4.98 Å². The summed E-state index contributed by atoms with van der Waals surface area (Å²) in [4.78, 5) is 4.50. The van der Waals surface area contributed by atoms with E-state index >= 15 is 0 Å². The van der Waals surface area contributed by atoms with Crippen LogP contribution in [0.5, 0.6) is 0 Å². The molecule has 100 valence electrons. The van der Waals surface area contributed by atoms with E-state index in [9.17, 15) is 0 Å². The van der Waals surface area contributed by atoms with Crippen LogP contribution in [0, 0.1) is 27.7 Å². The van der Waals surface area contributed by atoms with Crippen LogP contribution in [0.25, 0.3) is 0 Å². The lowest BCUT2D eigenvalue weighted by Gasteiger charge is -2.12. The van der Waals surface area contributed by atoms with Crippen LogP contribution in [0.4, 0.5) is 0 Å². The summed E-state index contributed by atoms with van der Waals surface area (Å²) in [7, 11) is 0. The van der Waals surface area contributed by atoms with E-state index in [0.29, 0.717) is 0 Å². The van der Waals surface area contributed by atoms with Crippen molar-refractivity contribution >= 4 is 0 Å². The maximum absolute atomic E-state index is 4.50. The lowest BCUT2D eigenvalue weighted by atomic mass is 10.00. The molecule has 0 aliphatic carbocycles. The van der Waals surface area contributed by atoms with Crippen LogP contribution in [0.1, 0.15) is 33.6 Å². The molecule has 19 heavy (non-hydrogen) atoms. The normalized spacial score (nSPS) is 10.7. The molecule has 1 N–H and O–H groups in total. The minimum atomic E-state index is 0.814. The van der Waals surface area contributed by atoms with Gasteiger partial charge in [-0.15, -0.1) is 0 Å². The van der Waals surface area contributed by atoms with Crippen molar-refractivity contribution in [2.75, 3.05) is 0 Å². The van der Waals surface area contributed by atoms with E-state index in [1.165, 1.54) is 22.3 Å². The Morgan fingerprint density at radius 3 is 2.26 bits per heavy atom. The Bertz CT molecular complexity index is 550.